The highest BCUT2D eigenvalue weighted by molar-refractivity contribution is 6.30. The van der Waals surface area contributed by atoms with Crippen molar-refractivity contribution in [2.75, 3.05) is 0 Å². The van der Waals surface area contributed by atoms with Gasteiger partial charge in [0.2, 0.25) is 0 Å². The monoisotopic (exact) mass is 342 g/mol. The quantitative estimate of drug-likeness (QED) is 0.748. The van der Waals surface area contributed by atoms with Crippen LogP contribution in [-0.4, -0.2) is 20.7 Å². The lowest BCUT2D eigenvalue weighted by atomic mass is 10.2. The van der Waals surface area contributed by atoms with Gasteiger partial charge in [0.05, 0.1) is 0 Å². The number of nitrogens with one attached hydrogen (secondary N) is 1. The number of halogens is 1. The molecule has 0 fully saturated rings. The molecule has 1 N–H and O–H groups in total. The average molecular weight is 343 g/mol. The Morgan fingerprint density at radius 3 is 2.83 bits per heavy atom. The van der Waals surface area contributed by atoms with Crippen molar-refractivity contribution in [3.8, 4) is 5.75 Å². The predicted molar refractivity (Wildman–Crippen MR) is 89.7 cm³/mol. The van der Waals surface area contributed by atoms with Crippen molar-refractivity contribution in [3.63, 3.8) is 0 Å². The van der Waals surface area contributed by atoms with Crippen LogP contribution in [0.25, 0.3) is 0 Å². The molecule has 1 aromatic carbocycles. The Labute approximate surface area is 144 Å². The molecule has 0 atom stereocenters. The van der Waals surface area contributed by atoms with E-state index in [0.717, 1.165) is 5.56 Å². The summed E-state index contributed by atoms with van der Waals surface area (Å²) in [5, 5.41) is 7.60. The third-order valence-electron chi connectivity index (χ3n) is 3.24. The third kappa shape index (κ3) is 4.33. The number of hydrogen-bond donors (Lipinski definition) is 1. The van der Waals surface area contributed by atoms with E-state index in [2.05, 4.69) is 15.4 Å². The SMILES string of the molecule is O=C(NCc1ccncc1)c1ccn(COc2cccc(Cl)c2)n1. The summed E-state index contributed by atoms with van der Waals surface area (Å²) in [7, 11) is 0. The van der Waals surface area contributed by atoms with Gasteiger partial charge in [-0.05, 0) is 42.0 Å². The van der Waals surface area contributed by atoms with Gasteiger partial charge in [-0.3, -0.25) is 9.78 Å². The van der Waals surface area contributed by atoms with Gasteiger partial charge in [-0.25, -0.2) is 4.68 Å². The van der Waals surface area contributed by atoms with E-state index >= 15 is 0 Å². The minimum absolute atomic E-state index is 0.192. The largest absolute Gasteiger partial charge is 0.471 e. The molecule has 2 aromatic heterocycles. The van der Waals surface area contributed by atoms with Gasteiger partial charge in [-0.15, -0.1) is 0 Å². The Kier molecular flexibility index (Phi) is 5.08. The van der Waals surface area contributed by atoms with E-state index in [-0.39, 0.29) is 12.6 Å². The molecule has 6 nitrogen and oxygen atoms in total. The van der Waals surface area contributed by atoms with E-state index in [4.69, 9.17) is 16.3 Å². The van der Waals surface area contributed by atoms with Crippen molar-refractivity contribution >= 4 is 17.5 Å². The molecule has 0 aliphatic rings. The van der Waals surface area contributed by atoms with Crippen LogP contribution in [0.15, 0.2) is 61.1 Å². The van der Waals surface area contributed by atoms with Crippen LogP contribution < -0.4 is 10.1 Å². The molecule has 122 valence electrons. The highest BCUT2D eigenvalue weighted by atomic mass is 35.5. The normalized spacial score (nSPS) is 10.4. The van der Waals surface area contributed by atoms with Gasteiger partial charge >= 0.3 is 0 Å². The first-order chi connectivity index (χ1) is 11.7. The summed E-state index contributed by atoms with van der Waals surface area (Å²) in [5.41, 5.74) is 1.31. The molecule has 7 heteroatoms. The van der Waals surface area contributed by atoms with E-state index in [9.17, 15) is 4.79 Å². The smallest absolute Gasteiger partial charge is 0.272 e. The van der Waals surface area contributed by atoms with Gasteiger partial charge in [-0.1, -0.05) is 17.7 Å². The van der Waals surface area contributed by atoms with Crippen molar-refractivity contribution < 1.29 is 9.53 Å². The van der Waals surface area contributed by atoms with Crippen LogP contribution in [-0.2, 0) is 13.3 Å². The van der Waals surface area contributed by atoms with E-state index in [1.807, 2.05) is 12.1 Å². The zero-order valence-corrected chi connectivity index (χ0v) is 13.5. The molecule has 0 saturated carbocycles. The van der Waals surface area contributed by atoms with E-state index in [0.29, 0.717) is 23.0 Å². The summed E-state index contributed by atoms with van der Waals surface area (Å²) in [5.74, 6) is 0.398. The van der Waals surface area contributed by atoms with Crippen LogP contribution in [0, 0.1) is 0 Å². The van der Waals surface area contributed by atoms with Crippen molar-refractivity contribution in [2.45, 2.75) is 13.3 Å². The van der Waals surface area contributed by atoms with Gasteiger partial charge in [0.25, 0.3) is 5.91 Å². The summed E-state index contributed by atoms with van der Waals surface area (Å²) in [6.45, 7) is 0.616. The maximum atomic E-state index is 12.1. The number of carbonyl (C=O) groups is 1. The second-order valence-corrected chi connectivity index (χ2v) is 5.45. The number of rotatable bonds is 6. The maximum absolute atomic E-state index is 12.1. The molecule has 0 spiro atoms. The summed E-state index contributed by atoms with van der Waals surface area (Å²) in [4.78, 5) is 16.0. The molecule has 0 unspecified atom stereocenters. The molecule has 0 radical (unpaired) electrons. The number of benzene rings is 1. The van der Waals surface area contributed by atoms with Crippen LogP contribution in [0.5, 0.6) is 5.75 Å². The topological polar surface area (TPSA) is 69.0 Å². The number of amides is 1. The van der Waals surface area contributed by atoms with Crippen molar-refractivity contribution in [1.29, 1.82) is 0 Å². The van der Waals surface area contributed by atoms with Crippen molar-refractivity contribution in [1.82, 2.24) is 20.1 Å². The molecule has 1 amide bonds. The molecule has 24 heavy (non-hydrogen) atoms. The second-order valence-electron chi connectivity index (χ2n) is 5.01. The highest BCUT2D eigenvalue weighted by Crippen LogP contribution is 2.17. The molecular formula is C17H15ClN4O2. The fourth-order valence-corrected chi connectivity index (χ4v) is 2.21. The minimum atomic E-state index is -0.242. The Bertz CT molecular complexity index is 820. The summed E-state index contributed by atoms with van der Waals surface area (Å²) in [6, 6.07) is 12.4. The Morgan fingerprint density at radius 1 is 1.21 bits per heavy atom. The number of aromatic nitrogens is 3. The first-order valence-electron chi connectivity index (χ1n) is 7.29. The molecule has 0 aliphatic carbocycles. The summed E-state index contributed by atoms with van der Waals surface area (Å²) >= 11 is 5.90. The van der Waals surface area contributed by atoms with Crippen LogP contribution in [0.1, 0.15) is 16.1 Å². The van der Waals surface area contributed by atoms with Crippen molar-refractivity contribution in [2.24, 2.45) is 0 Å². The van der Waals surface area contributed by atoms with Crippen LogP contribution in [0.3, 0.4) is 0 Å². The first-order valence-corrected chi connectivity index (χ1v) is 7.67. The number of ether oxygens (including phenoxy) is 1. The van der Waals surface area contributed by atoms with E-state index in [1.165, 1.54) is 0 Å². The Balaban J connectivity index is 1.53. The predicted octanol–water partition coefficient (Wildman–Crippen LogP) is 2.90. The molecular weight excluding hydrogens is 328 g/mol. The molecule has 0 saturated heterocycles. The van der Waals surface area contributed by atoms with Gasteiger partial charge in [0.1, 0.15) is 11.4 Å². The van der Waals surface area contributed by atoms with E-state index < -0.39 is 0 Å². The molecule has 0 bridgehead atoms. The lowest BCUT2D eigenvalue weighted by molar-refractivity contribution is 0.0944. The van der Waals surface area contributed by atoms with Gasteiger partial charge < -0.3 is 10.1 Å². The van der Waals surface area contributed by atoms with Gasteiger partial charge in [-0.2, -0.15) is 5.10 Å². The van der Waals surface area contributed by atoms with Crippen LogP contribution in [0.4, 0.5) is 0 Å². The number of nitrogens with zero attached hydrogens (tertiary/aromatic N) is 3. The van der Waals surface area contributed by atoms with Crippen LogP contribution in [0.2, 0.25) is 5.02 Å². The molecule has 2 heterocycles. The summed E-state index contributed by atoms with van der Waals surface area (Å²) in [6.07, 6.45) is 5.05. The van der Waals surface area contributed by atoms with E-state index in [1.54, 1.807) is 53.6 Å². The van der Waals surface area contributed by atoms with Crippen LogP contribution >= 0.6 is 11.6 Å². The zero-order valence-electron chi connectivity index (χ0n) is 12.7. The lowest BCUT2D eigenvalue weighted by Gasteiger charge is -2.06. The molecule has 3 aromatic rings. The molecule has 3 rings (SSSR count). The fourth-order valence-electron chi connectivity index (χ4n) is 2.03. The fraction of sp³-hybridized carbons (Fsp3) is 0.118. The Morgan fingerprint density at radius 2 is 2.04 bits per heavy atom. The van der Waals surface area contributed by atoms with Crippen molar-refractivity contribution in [3.05, 3.63) is 77.3 Å². The Hall–Kier alpha value is -2.86. The minimum Gasteiger partial charge on any atom is -0.471 e. The number of pyridine rings is 1. The van der Waals surface area contributed by atoms with Gasteiger partial charge in [0.15, 0.2) is 6.73 Å². The summed E-state index contributed by atoms with van der Waals surface area (Å²) < 4.78 is 7.12. The highest BCUT2D eigenvalue weighted by Gasteiger charge is 2.09. The first kappa shape index (κ1) is 16.0. The maximum Gasteiger partial charge on any atom is 0.272 e. The number of carbonyl (C=O) groups excluding carboxylic acids is 1. The number of hydrogen-bond acceptors (Lipinski definition) is 4. The molecule has 0 aliphatic heterocycles. The lowest BCUT2D eigenvalue weighted by Crippen LogP contribution is -2.23. The van der Waals surface area contributed by atoms with Gasteiger partial charge in [0, 0.05) is 30.2 Å². The second kappa shape index (κ2) is 7.61. The third-order valence-corrected chi connectivity index (χ3v) is 3.47. The average Bonchev–Trinajstić information content (AvgIpc) is 3.08. The zero-order chi connectivity index (χ0) is 16.8. The standard InChI is InChI=1S/C17H15ClN4O2/c18-14-2-1-3-15(10-14)24-12-22-9-6-16(21-22)17(23)20-11-13-4-7-19-8-5-13/h1-10H,11-12H2,(H,20,23).